The van der Waals surface area contributed by atoms with Crippen LogP contribution in [0.2, 0.25) is 5.02 Å². The smallest absolute Gasteiger partial charge is 0.255 e. The molecule has 6 rings (SSSR count). The van der Waals surface area contributed by atoms with Crippen molar-refractivity contribution in [2.45, 2.75) is 24.7 Å². The number of hydrogen-bond acceptors (Lipinski definition) is 2. The standard InChI is InChI=1S/C25H23ClN2O/c26-18-7-1-4-15(12-18)25(29)27-22-11-10-21-19-8-2-5-16(19)13-28-14-17-6-3-9-20(17)23(22)24(21)28/h1-4,7-12,16-17,19-20H,5-6,13-14H2,(H,27,29). The Labute approximate surface area is 176 Å². The van der Waals surface area contributed by atoms with Crippen LogP contribution in [-0.4, -0.2) is 19.0 Å². The van der Waals surface area contributed by atoms with Crippen LogP contribution in [0.1, 0.15) is 46.2 Å². The zero-order chi connectivity index (χ0) is 19.5. The first-order valence-corrected chi connectivity index (χ1v) is 10.9. The van der Waals surface area contributed by atoms with Crippen molar-refractivity contribution in [3.05, 3.63) is 82.4 Å². The molecule has 146 valence electrons. The van der Waals surface area contributed by atoms with Crippen LogP contribution in [-0.2, 0) is 0 Å². The van der Waals surface area contributed by atoms with Crippen LogP contribution in [0.4, 0.5) is 11.4 Å². The third-order valence-electron chi connectivity index (χ3n) is 7.08. The van der Waals surface area contributed by atoms with E-state index in [1.807, 2.05) is 12.1 Å². The van der Waals surface area contributed by atoms with Gasteiger partial charge < -0.3 is 10.2 Å². The molecule has 2 aliphatic heterocycles. The normalized spacial score (nSPS) is 28.1. The number of allylic oxidation sites excluding steroid dienone is 4. The first kappa shape index (κ1) is 17.3. The maximum Gasteiger partial charge on any atom is 0.255 e. The largest absolute Gasteiger partial charge is 0.370 e. The second-order valence-electron chi connectivity index (χ2n) is 8.73. The average molecular weight is 403 g/mol. The van der Waals surface area contributed by atoms with E-state index < -0.39 is 0 Å². The molecule has 0 spiro atoms. The van der Waals surface area contributed by atoms with Gasteiger partial charge in [0.2, 0.25) is 0 Å². The van der Waals surface area contributed by atoms with E-state index in [-0.39, 0.29) is 5.91 Å². The van der Waals surface area contributed by atoms with Crippen LogP contribution >= 0.6 is 11.6 Å². The Morgan fingerprint density at radius 1 is 1.00 bits per heavy atom. The Morgan fingerprint density at radius 3 is 2.55 bits per heavy atom. The van der Waals surface area contributed by atoms with Gasteiger partial charge in [0, 0.05) is 52.4 Å². The van der Waals surface area contributed by atoms with E-state index in [2.05, 4.69) is 46.7 Å². The van der Waals surface area contributed by atoms with Crippen molar-refractivity contribution in [1.82, 2.24) is 0 Å². The van der Waals surface area contributed by atoms with Gasteiger partial charge in [-0.2, -0.15) is 0 Å². The Balaban J connectivity index is 1.46. The zero-order valence-electron chi connectivity index (χ0n) is 16.1. The molecule has 2 heterocycles. The van der Waals surface area contributed by atoms with E-state index >= 15 is 0 Å². The van der Waals surface area contributed by atoms with Gasteiger partial charge in [-0.05, 0) is 54.5 Å². The van der Waals surface area contributed by atoms with Gasteiger partial charge in [-0.1, -0.05) is 48.0 Å². The summed E-state index contributed by atoms with van der Waals surface area (Å²) in [5.41, 5.74) is 5.65. The fourth-order valence-corrected chi connectivity index (χ4v) is 6.00. The van der Waals surface area contributed by atoms with Crippen molar-refractivity contribution in [3.63, 3.8) is 0 Å². The molecule has 2 aromatic rings. The first-order chi connectivity index (χ1) is 14.2. The monoisotopic (exact) mass is 402 g/mol. The highest BCUT2D eigenvalue weighted by atomic mass is 35.5. The molecule has 29 heavy (non-hydrogen) atoms. The molecule has 0 aromatic heterocycles. The number of halogens is 1. The Morgan fingerprint density at radius 2 is 1.76 bits per heavy atom. The summed E-state index contributed by atoms with van der Waals surface area (Å²) in [6, 6.07) is 11.5. The van der Waals surface area contributed by atoms with E-state index in [0.29, 0.717) is 34.3 Å². The summed E-state index contributed by atoms with van der Waals surface area (Å²) >= 11 is 6.10. The SMILES string of the molecule is O=C(Nc1ccc2c3c1C1C=CCC1CN3CC1CC=CC21)c1cccc(Cl)c1. The second-order valence-corrected chi connectivity index (χ2v) is 9.17. The lowest BCUT2D eigenvalue weighted by atomic mass is 9.74. The van der Waals surface area contributed by atoms with Crippen molar-refractivity contribution in [2.75, 3.05) is 23.3 Å². The summed E-state index contributed by atoms with van der Waals surface area (Å²) < 4.78 is 0. The van der Waals surface area contributed by atoms with Crippen LogP contribution in [0.25, 0.3) is 0 Å². The lowest BCUT2D eigenvalue weighted by Crippen LogP contribution is -2.44. The Kier molecular flexibility index (Phi) is 3.89. The molecule has 0 saturated carbocycles. The molecule has 4 atom stereocenters. The number of carbonyl (C=O) groups is 1. The second kappa shape index (κ2) is 6.50. The third kappa shape index (κ3) is 2.67. The van der Waals surface area contributed by atoms with E-state index in [1.165, 1.54) is 23.2 Å². The van der Waals surface area contributed by atoms with E-state index in [9.17, 15) is 4.79 Å². The van der Waals surface area contributed by atoms with Crippen LogP contribution < -0.4 is 10.2 Å². The average Bonchev–Trinajstić information content (AvgIpc) is 3.38. The number of nitrogens with one attached hydrogen (secondary N) is 1. The minimum absolute atomic E-state index is 0.103. The lowest BCUT2D eigenvalue weighted by molar-refractivity contribution is 0.102. The molecular formula is C25H23ClN2O. The van der Waals surface area contributed by atoms with Gasteiger partial charge in [0.15, 0.2) is 0 Å². The van der Waals surface area contributed by atoms with Crippen LogP contribution in [0, 0.1) is 11.8 Å². The fraction of sp³-hybridized carbons (Fsp3) is 0.320. The molecule has 0 radical (unpaired) electrons. The highest BCUT2D eigenvalue weighted by molar-refractivity contribution is 6.31. The molecule has 4 unspecified atom stereocenters. The third-order valence-corrected chi connectivity index (χ3v) is 7.32. The molecule has 0 saturated heterocycles. The number of nitrogens with zero attached hydrogens (tertiary/aromatic N) is 1. The molecule has 4 aliphatic rings. The number of rotatable bonds is 2. The summed E-state index contributed by atoms with van der Waals surface area (Å²) in [5.74, 6) is 2.09. The number of anilines is 2. The van der Waals surface area contributed by atoms with Crippen LogP contribution in [0.5, 0.6) is 0 Å². The predicted molar refractivity (Wildman–Crippen MR) is 118 cm³/mol. The quantitative estimate of drug-likeness (QED) is 0.649. The van der Waals surface area contributed by atoms with Crippen molar-refractivity contribution >= 4 is 28.9 Å². The minimum Gasteiger partial charge on any atom is -0.370 e. The number of fused-ring (bicyclic) bond motifs is 4. The highest BCUT2D eigenvalue weighted by Gasteiger charge is 2.43. The number of benzene rings is 2. The Hall–Kier alpha value is -2.52. The van der Waals surface area contributed by atoms with Crippen molar-refractivity contribution in [1.29, 1.82) is 0 Å². The number of carbonyl (C=O) groups excluding carboxylic acids is 1. The summed E-state index contributed by atoms with van der Waals surface area (Å²) in [5, 5.41) is 3.78. The zero-order valence-corrected chi connectivity index (χ0v) is 16.9. The molecule has 1 N–H and O–H groups in total. The predicted octanol–water partition coefficient (Wildman–Crippen LogP) is 5.75. The van der Waals surface area contributed by atoms with Gasteiger partial charge in [-0.15, -0.1) is 0 Å². The topological polar surface area (TPSA) is 32.3 Å². The van der Waals surface area contributed by atoms with Crippen molar-refractivity contribution in [2.24, 2.45) is 11.8 Å². The molecule has 1 amide bonds. The summed E-state index contributed by atoms with van der Waals surface area (Å²) in [7, 11) is 0. The molecule has 2 aliphatic carbocycles. The van der Waals surface area contributed by atoms with E-state index in [0.717, 1.165) is 25.2 Å². The van der Waals surface area contributed by atoms with Gasteiger partial charge in [-0.25, -0.2) is 0 Å². The Bertz CT molecular complexity index is 1070. The van der Waals surface area contributed by atoms with Gasteiger partial charge in [0.1, 0.15) is 0 Å². The maximum absolute atomic E-state index is 13.0. The van der Waals surface area contributed by atoms with Crippen LogP contribution in [0.15, 0.2) is 60.7 Å². The summed E-state index contributed by atoms with van der Waals surface area (Å²) in [6.07, 6.45) is 11.7. The van der Waals surface area contributed by atoms with Gasteiger partial charge in [0.25, 0.3) is 5.91 Å². The van der Waals surface area contributed by atoms with Gasteiger partial charge >= 0.3 is 0 Å². The highest BCUT2D eigenvalue weighted by Crippen LogP contribution is 2.54. The van der Waals surface area contributed by atoms with E-state index in [1.54, 1.807) is 12.1 Å². The minimum atomic E-state index is -0.103. The summed E-state index contributed by atoms with van der Waals surface area (Å²) in [4.78, 5) is 15.6. The number of hydrogen-bond donors (Lipinski definition) is 1. The van der Waals surface area contributed by atoms with Gasteiger partial charge in [-0.3, -0.25) is 4.79 Å². The maximum atomic E-state index is 13.0. The molecule has 3 nitrogen and oxygen atoms in total. The molecule has 2 aromatic carbocycles. The molecule has 0 fully saturated rings. The van der Waals surface area contributed by atoms with Crippen molar-refractivity contribution in [3.8, 4) is 0 Å². The molecule has 0 bridgehead atoms. The fourth-order valence-electron chi connectivity index (χ4n) is 5.81. The van der Waals surface area contributed by atoms with Crippen molar-refractivity contribution < 1.29 is 4.79 Å². The van der Waals surface area contributed by atoms with E-state index in [4.69, 9.17) is 11.6 Å². The van der Waals surface area contributed by atoms with Crippen LogP contribution in [0.3, 0.4) is 0 Å². The number of amides is 1. The molecular weight excluding hydrogens is 380 g/mol. The first-order valence-electron chi connectivity index (χ1n) is 10.5. The van der Waals surface area contributed by atoms with Gasteiger partial charge in [0.05, 0.1) is 0 Å². The molecule has 4 heteroatoms. The summed E-state index contributed by atoms with van der Waals surface area (Å²) in [6.45, 7) is 2.24. The lowest BCUT2D eigenvalue weighted by Gasteiger charge is -2.46.